The first-order chi connectivity index (χ1) is 12.9. The third-order valence-electron chi connectivity index (χ3n) is 4.30. The fraction of sp³-hybridized carbons (Fsp3) is 0.158. The zero-order chi connectivity index (χ0) is 19.2. The number of carbonyl (C=O) groups is 1. The van der Waals surface area contributed by atoms with Crippen LogP contribution in [0, 0.1) is 11.3 Å². The third-order valence-corrected chi connectivity index (χ3v) is 4.30. The van der Waals surface area contributed by atoms with Gasteiger partial charge in [0.2, 0.25) is 0 Å². The Balaban J connectivity index is 1.76. The van der Waals surface area contributed by atoms with Crippen molar-refractivity contribution in [3.8, 4) is 6.07 Å². The lowest BCUT2D eigenvalue weighted by Crippen LogP contribution is -2.22. The first-order valence-corrected chi connectivity index (χ1v) is 8.25. The maximum absolute atomic E-state index is 12.9. The molecule has 0 saturated heterocycles. The number of aromatic nitrogens is 4. The zero-order valence-corrected chi connectivity index (χ0v) is 14.7. The van der Waals surface area contributed by atoms with E-state index in [2.05, 4.69) is 15.4 Å². The number of imidazole rings is 1. The second kappa shape index (κ2) is 5.93. The first-order valence-electron chi connectivity index (χ1n) is 8.25. The van der Waals surface area contributed by atoms with Gasteiger partial charge in [-0.1, -0.05) is 0 Å². The Hall–Kier alpha value is -3.70. The van der Waals surface area contributed by atoms with E-state index < -0.39 is 5.60 Å². The van der Waals surface area contributed by atoms with Crippen molar-refractivity contribution in [3.05, 3.63) is 65.9 Å². The SMILES string of the molecule is CC(C)(O)c1cc2nccn2cc1NC(=O)c1ccc2cc(C#N)cnn12. The lowest BCUT2D eigenvalue weighted by Gasteiger charge is -2.22. The normalized spacial score (nSPS) is 11.6. The summed E-state index contributed by atoms with van der Waals surface area (Å²) in [4.78, 5) is 17.1. The summed E-state index contributed by atoms with van der Waals surface area (Å²) in [7, 11) is 0. The highest BCUT2D eigenvalue weighted by molar-refractivity contribution is 6.04. The fourth-order valence-corrected chi connectivity index (χ4v) is 2.99. The summed E-state index contributed by atoms with van der Waals surface area (Å²) in [5, 5.41) is 26.5. The first kappa shape index (κ1) is 16.8. The molecule has 0 fully saturated rings. The van der Waals surface area contributed by atoms with Crippen molar-refractivity contribution in [1.82, 2.24) is 19.0 Å². The highest BCUT2D eigenvalue weighted by atomic mass is 16.3. The average Bonchev–Trinajstić information content (AvgIpc) is 3.25. The number of nitrogens with zero attached hydrogens (tertiary/aromatic N) is 5. The van der Waals surface area contributed by atoms with Crippen LogP contribution in [0.3, 0.4) is 0 Å². The molecule has 0 atom stereocenters. The Morgan fingerprint density at radius 2 is 2.15 bits per heavy atom. The fourth-order valence-electron chi connectivity index (χ4n) is 2.99. The number of aliphatic hydroxyl groups is 1. The van der Waals surface area contributed by atoms with Crippen LogP contribution in [-0.2, 0) is 5.60 Å². The van der Waals surface area contributed by atoms with Crippen LogP contribution >= 0.6 is 0 Å². The van der Waals surface area contributed by atoms with Crippen molar-refractivity contribution in [2.24, 2.45) is 0 Å². The number of rotatable bonds is 3. The summed E-state index contributed by atoms with van der Waals surface area (Å²) in [6, 6.07) is 8.78. The number of fused-ring (bicyclic) bond motifs is 2. The summed E-state index contributed by atoms with van der Waals surface area (Å²) in [6.45, 7) is 3.30. The van der Waals surface area contributed by atoms with Crippen LogP contribution in [0.25, 0.3) is 11.2 Å². The molecular weight excluding hydrogens is 344 g/mol. The molecule has 0 spiro atoms. The van der Waals surface area contributed by atoms with Gasteiger partial charge in [0.15, 0.2) is 0 Å². The van der Waals surface area contributed by atoms with Crippen LogP contribution in [0.2, 0.25) is 0 Å². The van der Waals surface area contributed by atoms with Gasteiger partial charge in [0.25, 0.3) is 5.91 Å². The molecule has 0 aliphatic carbocycles. The average molecular weight is 360 g/mol. The Bertz CT molecular complexity index is 1220. The van der Waals surface area contributed by atoms with Gasteiger partial charge in [-0.05, 0) is 38.1 Å². The number of anilines is 1. The van der Waals surface area contributed by atoms with Crippen LogP contribution < -0.4 is 5.32 Å². The maximum Gasteiger partial charge on any atom is 0.274 e. The number of amides is 1. The van der Waals surface area contributed by atoms with E-state index in [-0.39, 0.29) is 5.91 Å². The largest absolute Gasteiger partial charge is 0.386 e. The minimum atomic E-state index is -1.17. The molecule has 0 aliphatic heterocycles. The second-order valence-electron chi connectivity index (χ2n) is 6.72. The van der Waals surface area contributed by atoms with Crippen molar-refractivity contribution in [1.29, 1.82) is 5.26 Å². The van der Waals surface area contributed by atoms with Gasteiger partial charge in [-0.2, -0.15) is 10.4 Å². The van der Waals surface area contributed by atoms with Crippen molar-refractivity contribution < 1.29 is 9.90 Å². The van der Waals surface area contributed by atoms with E-state index in [4.69, 9.17) is 5.26 Å². The Morgan fingerprint density at radius 3 is 2.89 bits per heavy atom. The topological polar surface area (TPSA) is 108 Å². The lowest BCUT2D eigenvalue weighted by molar-refractivity contribution is 0.0792. The van der Waals surface area contributed by atoms with E-state index >= 15 is 0 Å². The molecule has 8 heteroatoms. The van der Waals surface area contributed by atoms with Crippen LogP contribution in [-0.4, -0.2) is 30.0 Å². The van der Waals surface area contributed by atoms with Gasteiger partial charge in [-0.15, -0.1) is 0 Å². The second-order valence-corrected chi connectivity index (χ2v) is 6.72. The lowest BCUT2D eigenvalue weighted by atomic mass is 9.97. The quantitative estimate of drug-likeness (QED) is 0.583. The predicted molar refractivity (Wildman–Crippen MR) is 98.3 cm³/mol. The summed E-state index contributed by atoms with van der Waals surface area (Å²) in [5.41, 5.74) is 1.91. The van der Waals surface area contributed by atoms with Crippen LogP contribution in [0.1, 0.15) is 35.5 Å². The number of pyridine rings is 1. The molecule has 0 aromatic carbocycles. The summed E-state index contributed by atoms with van der Waals surface area (Å²) >= 11 is 0. The Kier molecular flexibility index (Phi) is 3.68. The van der Waals surface area contributed by atoms with Gasteiger partial charge in [-0.25, -0.2) is 9.50 Å². The Morgan fingerprint density at radius 1 is 1.33 bits per heavy atom. The number of nitrogens with one attached hydrogen (secondary N) is 1. The number of hydrogen-bond acceptors (Lipinski definition) is 5. The van der Waals surface area contributed by atoms with E-state index in [0.29, 0.717) is 33.7 Å². The monoisotopic (exact) mass is 360 g/mol. The molecule has 0 saturated carbocycles. The highest BCUT2D eigenvalue weighted by Crippen LogP contribution is 2.29. The van der Waals surface area contributed by atoms with Crippen molar-refractivity contribution in [3.63, 3.8) is 0 Å². The number of nitriles is 1. The van der Waals surface area contributed by atoms with E-state index in [9.17, 15) is 9.90 Å². The standard InChI is InChI=1S/C19H16N6O2/c1-19(2,27)14-8-17-21-5-6-24(17)11-15(14)23-18(26)16-4-3-13-7-12(9-20)10-22-25(13)16/h3-8,10-11,27H,1-2H3,(H,23,26). The zero-order valence-electron chi connectivity index (χ0n) is 14.7. The van der Waals surface area contributed by atoms with Crippen molar-refractivity contribution in [2.45, 2.75) is 19.4 Å². The third kappa shape index (κ3) is 2.90. The molecule has 4 aromatic rings. The van der Waals surface area contributed by atoms with Gasteiger partial charge < -0.3 is 14.8 Å². The van der Waals surface area contributed by atoms with Crippen LogP contribution in [0.5, 0.6) is 0 Å². The maximum atomic E-state index is 12.9. The molecule has 4 heterocycles. The molecule has 1 amide bonds. The summed E-state index contributed by atoms with van der Waals surface area (Å²) in [6.07, 6.45) is 6.53. The molecule has 8 nitrogen and oxygen atoms in total. The Labute approximate surface area is 154 Å². The van der Waals surface area contributed by atoms with E-state index in [1.54, 1.807) is 61.1 Å². The molecule has 0 bridgehead atoms. The molecule has 4 aromatic heterocycles. The molecule has 134 valence electrons. The molecule has 4 rings (SSSR count). The molecule has 2 N–H and O–H groups in total. The molecule has 0 radical (unpaired) electrons. The summed E-state index contributed by atoms with van der Waals surface area (Å²) in [5.74, 6) is -0.378. The molecule has 0 unspecified atom stereocenters. The van der Waals surface area contributed by atoms with Gasteiger partial charge in [0.1, 0.15) is 17.4 Å². The van der Waals surface area contributed by atoms with Crippen LogP contribution in [0.4, 0.5) is 5.69 Å². The number of hydrogen-bond donors (Lipinski definition) is 2. The van der Waals surface area contributed by atoms with Crippen molar-refractivity contribution >= 4 is 22.8 Å². The molecule has 27 heavy (non-hydrogen) atoms. The van der Waals surface area contributed by atoms with Gasteiger partial charge in [0, 0.05) is 24.2 Å². The molecule has 0 aliphatic rings. The minimum Gasteiger partial charge on any atom is -0.386 e. The summed E-state index contributed by atoms with van der Waals surface area (Å²) < 4.78 is 3.23. The molecular formula is C19H16N6O2. The highest BCUT2D eigenvalue weighted by Gasteiger charge is 2.23. The predicted octanol–water partition coefficient (Wildman–Crippen LogP) is 2.33. The number of carbonyl (C=O) groups excluding carboxylic acids is 1. The van der Waals surface area contributed by atoms with Crippen molar-refractivity contribution in [2.75, 3.05) is 5.32 Å². The minimum absolute atomic E-state index is 0.321. The van der Waals surface area contributed by atoms with Gasteiger partial charge >= 0.3 is 0 Å². The van der Waals surface area contributed by atoms with E-state index in [1.807, 2.05) is 6.07 Å². The van der Waals surface area contributed by atoms with Crippen LogP contribution in [0.15, 0.2) is 49.1 Å². The van der Waals surface area contributed by atoms with E-state index in [1.165, 1.54) is 10.7 Å². The smallest absolute Gasteiger partial charge is 0.274 e. The van der Waals surface area contributed by atoms with E-state index in [0.717, 1.165) is 0 Å². The van der Waals surface area contributed by atoms with Gasteiger partial charge in [0.05, 0.1) is 28.6 Å². The van der Waals surface area contributed by atoms with Gasteiger partial charge in [-0.3, -0.25) is 4.79 Å².